The number of nitrogens with one attached hydrogen (secondary N) is 2. The van der Waals surface area contributed by atoms with E-state index < -0.39 is 0 Å². The highest BCUT2D eigenvalue weighted by molar-refractivity contribution is 7.80. The Bertz CT molecular complexity index is 991. The van der Waals surface area contributed by atoms with E-state index in [2.05, 4.69) is 36.6 Å². The first-order valence-electron chi connectivity index (χ1n) is 10.6. The Hall–Kier alpha value is -2.51. The number of fused-ring (bicyclic) bond motifs is 1. The largest absolute Gasteiger partial charge is 0.462 e. The number of anilines is 1. The second-order valence-electron chi connectivity index (χ2n) is 7.73. The second kappa shape index (κ2) is 10.7. The molecule has 0 fully saturated rings. The molecular weight excluding hydrogens is 428 g/mol. The van der Waals surface area contributed by atoms with Crippen LogP contribution >= 0.6 is 23.6 Å². The van der Waals surface area contributed by atoms with Crippen molar-refractivity contribution in [2.45, 2.75) is 52.4 Å². The molecule has 5 nitrogen and oxygen atoms in total. The molecule has 2 N–H and O–H groups in total. The lowest BCUT2D eigenvalue weighted by Crippen LogP contribution is -2.33. The summed E-state index contributed by atoms with van der Waals surface area (Å²) in [6, 6.07) is 8.09. The lowest BCUT2D eigenvalue weighted by Gasteiger charge is -2.12. The predicted octanol–water partition coefficient (Wildman–Crippen LogP) is 5.45. The summed E-state index contributed by atoms with van der Waals surface area (Å²) in [5.41, 5.74) is 3.80. The highest BCUT2D eigenvalue weighted by atomic mass is 32.1. The highest BCUT2D eigenvalue weighted by Crippen LogP contribution is 2.38. The molecule has 1 amide bonds. The molecule has 31 heavy (non-hydrogen) atoms. The molecule has 0 aliphatic heterocycles. The molecule has 1 aliphatic rings. The molecule has 0 radical (unpaired) electrons. The lowest BCUT2D eigenvalue weighted by molar-refractivity contribution is -0.115. The molecule has 1 aromatic heterocycles. The highest BCUT2D eigenvalue weighted by Gasteiger charge is 2.26. The molecule has 164 valence electrons. The van der Waals surface area contributed by atoms with Gasteiger partial charge in [0.2, 0.25) is 5.91 Å². The molecule has 0 spiro atoms. The Kier molecular flexibility index (Phi) is 7.98. The summed E-state index contributed by atoms with van der Waals surface area (Å²) in [6.07, 6.45) is 7.17. The van der Waals surface area contributed by atoms with E-state index in [0.29, 0.717) is 23.1 Å². The normalized spacial score (nSPS) is 13.2. The van der Waals surface area contributed by atoms with Crippen LogP contribution in [0.3, 0.4) is 0 Å². The van der Waals surface area contributed by atoms with Crippen LogP contribution in [0.4, 0.5) is 5.00 Å². The minimum atomic E-state index is -0.344. The van der Waals surface area contributed by atoms with E-state index in [9.17, 15) is 9.59 Å². The topological polar surface area (TPSA) is 67.4 Å². The van der Waals surface area contributed by atoms with Gasteiger partial charge in [-0.2, -0.15) is 0 Å². The van der Waals surface area contributed by atoms with Crippen molar-refractivity contribution >= 4 is 51.6 Å². The fourth-order valence-corrected chi connectivity index (χ4v) is 5.07. The molecule has 7 heteroatoms. The Morgan fingerprint density at radius 3 is 2.58 bits per heavy atom. The molecule has 0 saturated carbocycles. The van der Waals surface area contributed by atoms with Gasteiger partial charge in [-0.05, 0) is 73.5 Å². The minimum absolute atomic E-state index is 0.161. The van der Waals surface area contributed by atoms with E-state index in [1.807, 2.05) is 12.1 Å². The number of aryl methyl sites for hydroxylation is 1. The van der Waals surface area contributed by atoms with Gasteiger partial charge in [-0.15, -0.1) is 11.3 Å². The Labute approximate surface area is 192 Å². The Morgan fingerprint density at radius 1 is 1.19 bits per heavy atom. The van der Waals surface area contributed by atoms with Crippen LogP contribution in [0.1, 0.15) is 71.5 Å². The summed E-state index contributed by atoms with van der Waals surface area (Å²) in [7, 11) is 0. The lowest BCUT2D eigenvalue weighted by atomic mass is 9.95. The molecule has 1 aromatic carbocycles. The molecule has 0 bridgehead atoms. The van der Waals surface area contributed by atoms with Crippen LogP contribution < -0.4 is 10.6 Å². The maximum absolute atomic E-state index is 12.5. The zero-order valence-electron chi connectivity index (χ0n) is 18.1. The maximum atomic E-state index is 12.5. The van der Waals surface area contributed by atoms with Gasteiger partial charge in [0, 0.05) is 11.0 Å². The van der Waals surface area contributed by atoms with Crippen molar-refractivity contribution in [1.29, 1.82) is 0 Å². The first kappa shape index (κ1) is 23.2. The third kappa shape index (κ3) is 6.02. The molecule has 0 saturated heterocycles. The van der Waals surface area contributed by atoms with E-state index in [0.717, 1.165) is 36.8 Å². The van der Waals surface area contributed by atoms with Crippen molar-refractivity contribution in [3.63, 3.8) is 0 Å². The summed E-state index contributed by atoms with van der Waals surface area (Å²) in [4.78, 5) is 26.0. The van der Waals surface area contributed by atoms with Crippen molar-refractivity contribution in [3.05, 3.63) is 57.5 Å². The summed E-state index contributed by atoms with van der Waals surface area (Å²) >= 11 is 6.83. The number of amides is 1. The van der Waals surface area contributed by atoms with Crippen LogP contribution in [-0.4, -0.2) is 23.6 Å². The zero-order valence-corrected chi connectivity index (χ0v) is 19.8. The average Bonchev–Trinajstić information content (AvgIpc) is 3.10. The predicted molar refractivity (Wildman–Crippen MR) is 131 cm³/mol. The van der Waals surface area contributed by atoms with Crippen LogP contribution in [0.5, 0.6) is 0 Å². The molecule has 0 atom stereocenters. The summed E-state index contributed by atoms with van der Waals surface area (Å²) < 4.78 is 5.25. The van der Waals surface area contributed by atoms with Crippen molar-refractivity contribution in [1.82, 2.24) is 5.32 Å². The Balaban J connectivity index is 1.65. The second-order valence-corrected chi connectivity index (χ2v) is 9.25. The van der Waals surface area contributed by atoms with E-state index in [4.69, 9.17) is 17.0 Å². The van der Waals surface area contributed by atoms with Gasteiger partial charge in [0.25, 0.3) is 0 Å². The van der Waals surface area contributed by atoms with Gasteiger partial charge in [-0.1, -0.05) is 38.1 Å². The van der Waals surface area contributed by atoms with Crippen molar-refractivity contribution < 1.29 is 14.3 Å². The monoisotopic (exact) mass is 456 g/mol. The van der Waals surface area contributed by atoms with Crippen LogP contribution in [0.2, 0.25) is 0 Å². The first-order chi connectivity index (χ1) is 14.9. The van der Waals surface area contributed by atoms with E-state index in [-0.39, 0.29) is 17.0 Å². The van der Waals surface area contributed by atoms with Gasteiger partial charge in [-0.3, -0.25) is 10.1 Å². The summed E-state index contributed by atoms with van der Waals surface area (Å²) in [6.45, 7) is 6.39. The van der Waals surface area contributed by atoms with Crippen LogP contribution in [-0.2, 0) is 22.4 Å². The average molecular weight is 457 g/mol. The maximum Gasteiger partial charge on any atom is 0.341 e. The fourth-order valence-electron chi connectivity index (χ4n) is 3.53. The van der Waals surface area contributed by atoms with E-state index in [1.54, 1.807) is 13.0 Å². The first-order valence-corrected chi connectivity index (χ1v) is 11.8. The van der Waals surface area contributed by atoms with Gasteiger partial charge >= 0.3 is 5.97 Å². The third-order valence-electron chi connectivity index (χ3n) is 5.14. The molecule has 1 aliphatic carbocycles. The molecule has 3 rings (SSSR count). The smallest absolute Gasteiger partial charge is 0.341 e. The van der Waals surface area contributed by atoms with Crippen LogP contribution in [0, 0.1) is 0 Å². The number of thiophene rings is 1. The minimum Gasteiger partial charge on any atom is -0.462 e. The molecular formula is C24H28N2O3S2. The van der Waals surface area contributed by atoms with Gasteiger partial charge < -0.3 is 10.1 Å². The van der Waals surface area contributed by atoms with Gasteiger partial charge in [-0.25, -0.2) is 4.79 Å². The molecule has 2 aromatic rings. The fraction of sp³-hybridized carbons (Fsp3) is 0.375. The van der Waals surface area contributed by atoms with Crippen LogP contribution in [0.25, 0.3) is 6.08 Å². The van der Waals surface area contributed by atoms with Crippen molar-refractivity contribution in [3.8, 4) is 0 Å². The van der Waals surface area contributed by atoms with E-state index in [1.165, 1.54) is 27.9 Å². The molecule has 1 heterocycles. The zero-order chi connectivity index (χ0) is 22.4. The summed E-state index contributed by atoms with van der Waals surface area (Å²) in [5, 5.41) is 6.50. The van der Waals surface area contributed by atoms with E-state index >= 15 is 0 Å². The number of hydrogen-bond donors (Lipinski definition) is 2. The standard InChI is InChI=1S/C24H28N2O3S2/c1-4-29-23(28)21-18-7-5-6-8-19(18)31-22(21)26-24(30)25-20(27)14-11-16-9-12-17(13-10-16)15(2)3/h9-15H,4-8H2,1-3H3,(H2,25,26,27,30)/b14-11+. The quantitative estimate of drug-likeness (QED) is 0.344. The number of carbonyl (C=O) groups excluding carboxylic acids is 2. The van der Waals surface area contributed by atoms with Crippen molar-refractivity contribution in [2.24, 2.45) is 0 Å². The van der Waals surface area contributed by atoms with Crippen LogP contribution in [0.15, 0.2) is 30.3 Å². The van der Waals surface area contributed by atoms with Gasteiger partial charge in [0.1, 0.15) is 5.00 Å². The Morgan fingerprint density at radius 2 is 1.90 bits per heavy atom. The number of thiocarbonyl (C=S) groups is 1. The SMILES string of the molecule is CCOC(=O)c1c(NC(=S)NC(=O)/C=C/c2ccc(C(C)C)cc2)sc2c1CCCC2. The number of benzene rings is 1. The third-order valence-corrected chi connectivity index (χ3v) is 6.56. The number of hydrogen-bond acceptors (Lipinski definition) is 5. The molecule has 0 unspecified atom stereocenters. The number of esters is 1. The number of ether oxygens (including phenoxy) is 1. The van der Waals surface area contributed by atoms with Crippen molar-refractivity contribution in [2.75, 3.05) is 11.9 Å². The summed E-state index contributed by atoms with van der Waals surface area (Å²) in [5.74, 6) is -0.208. The number of rotatable bonds is 6. The number of carbonyl (C=O) groups is 2. The van der Waals surface area contributed by atoms with Gasteiger partial charge in [0.05, 0.1) is 12.2 Å². The van der Waals surface area contributed by atoms with Gasteiger partial charge in [0.15, 0.2) is 5.11 Å².